The third-order valence-corrected chi connectivity index (χ3v) is 5.80. The quantitative estimate of drug-likeness (QED) is 0.431. The fourth-order valence-corrected chi connectivity index (χ4v) is 3.88. The van der Waals surface area contributed by atoms with Crippen molar-refractivity contribution in [1.82, 2.24) is 5.32 Å². The smallest absolute Gasteiger partial charge is 0.487 e. The molecule has 1 atom stereocenters. The largest absolute Gasteiger partial charge is 0.573 e. The van der Waals surface area contributed by atoms with Crippen molar-refractivity contribution in [3.05, 3.63) is 71.5 Å². The minimum absolute atomic E-state index is 0.0150. The number of hydrogen-bond acceptors (Lipinski definition) is 5. The van der Waals surface area contributed by atoms with E-state index in [1.165, 1.54) is 42.5 Å². The molecule has 1 fully saturated rings. The van der Waals surface area contributed by atoms with Crippen molar-refractivity contribution in [2.75, 3.05) is 13.2 Å². The molecule has 0 bridgehead atoms. The van der Waals surface area contributed by atoms with Gasteiger partial charge in [-0.05, 0) is 47.3 Å². The first kappa shape index (κ1) is 25.2. The van der Waals surface area contributed by atoms with E-state index in [9.17, 15) is 32.3 Å². The van der Waals surface area contributed by atoms with Crippen molar-refractivity contribution in [3.63, 3.8) is 0 Å². The van der Waals surface area contributed by atoms with Crippen LogP contribution in [0.3, 0.4) is 0 Å². The minimum atomic E-state index is -4.82. The van der Waals surface area contributed by atoms with Crippen LogP contribution in [-0.4, -0.2) is 42.6 Å². The number of halogens is 4. The van der Waals surface area contributed by atoms with Crippen LogP contribution in [0.15, 0.2) is 54.6 Å². The highest BCUT2D eigenvalue weighted by Gasteiger charge is 2.46. The molecule has 0 saturated carbocycles. The van der Waals surface area contributed by atoms with Crippen molar-refractivity contribution in [2.24, 2.45) is 5.41 Å². The molecular weight excluding hydrogens is 486 g/mol. The fourth-order valence-electron chi connectivity index (χ4n) is 3.88. The number of fused-ring (bicyclic) bond motifs is 1. The van der Waals surface area contributed by atoms with Gasteiger partial charge in [-0.3, -0.25) is 4.79 Å². The Bertz CT molecular complexity index is 1290. The van der Waals surface area contributed by atoms with Gasteiger partial charge in [0.2, 0.25) is 0 Å². The predicted octanol–water partition coefficient (Wildman–Crippen LogP) is 4.68. The van der Waals surface area contributed by atoms with Gasteiger partial charge in [-0.15, -0.1) is 13.2 Å². The van der Waals surface area contributed by atoms with Gasteiger partial charge in [0.15, 0.2) is 0 Å². The molecule has 1 amide bonds. The molecular formula is C25H21F4NO6. The topological polar surface area (TPSA) is 94.1 Å². The SMILES string of the molecule is CC1([C@H](NC(=O)c2ccc3cc(F)ccc3c2OCc2ccc(OC(F)(F)F)cc2)C(=O)O)COC1. The average Bonchev–Trinajstić information content (AvgIpc) is 2.78. The van der Waals surface area contributed by atoms with Crippen molar-refractivity contribution in [2.45, 2.75) is 25.9 Å². The minimum Gasteiger partial charge on any atom is -0.487 e. The molecule has 1 aliphatic rings. The lowest BCUT2D eigenvalue weighted by atomic mass is 9.80. The Morgan fingerprint density at radius 1 is 1.11 bits per heavy atom. The third kappa shape index (κ3) is 5.51. The normalized spacial score (nSPS) is 15.6. The summed E-state index contributed by atoms with van der Waals surface area (Å²) in [5, 5.41) is 13.0. The molecule has 3 aromatic rings. The zero-order chi connectivity index (χ0) is 26.1. The van der Waals surface area contributed by atoms with Crippen molar-refractivity contribution in [1.29, 1.82) is 0 Å². The molecule has 1 heterocycles. The lowest BCUT2D eigenvalue weighted by Crippen LogP contribution is -2.59. The van der Waals surface area contributed by atoms with E-state index in [0.29, 0.717) is 16.3 Å². The van der Waals surface area contributed by atoms with Crippen LogP contribution in [0.2, 0.25) is 0 Å². The molecule has 4 rings (SSSR count). The number of carbonyl (C=O) groups is 2. The number of nitrogens with one attached hydrogen (secondary N) is 1. The third-order valence-electron chi connectivity index (χ3n) is 5.80. The Morgan fingerprint density at radius 3 is 2.39 bits per heavy atom. The number of amides is 1. The van der Waals surface area contributed by atoms with Crippen LogP contribution in [-0.2, 0) is 16.1 Å². The van der Waals surface area contributed by atoms with Crippen molar-refractivity contribution in [3.8, 4) is 11.5 Å². The second kappa shape index (κ2) is 9.65. The molecule has 11 heteroatoms. The van der Waals surface area contributed by atoms with Crippen LogP contribution in [0, 0.1) is 11.2 Å². The highest BCUT2D eigenvalue weighted by Crippen LogP contribution is 2.34. The standard InChI is InChI=1S/C25H21F4NO6/c1-24(12-34-13-24)21(23(32)33)30-22(31)19-8-4-15-10-16(26)5-9-18(15)20(19)35-11-14-2-6-17(7-3-14)36-25(27,28)29/h2-10,21H,11-13H2,1H3,(H,30,31)(H,32,33)/t21-/m1/s1. The number of ether oxygens (including phenoxy) is 3. The van der Waals surface area contributed by atoms with Crippen LogP contribution in [0.4, 0.5) is 17.6 Å². The number of benzene rings is 3. The maximum atomic E-state index is 13.8. The molecule has 0 aromatic heterocycles. The molecule has 2 N–H and O–H groups in total. The molecule has 3 aromatic carbocycles. The van der Waals surface area contributed by atoms with Crippen LogP contribution >= 0.6 is 0 Å². The summed E-state index contributed by atoms with van der Waals surface area (Å²) in [6, 6.07) is 10.5. The number of carboxylic acid groups (broad SMARTS) is 1. The highest BCUT2D eigenvalue weighted by molar-refractivity contribution is 6.05. The van der Waals surface area contributed by atoms with Crippen LogP contribution in [0.5, 0.6) is 11.5 Å². The van der Waals surface area contributed by atoms with Crippen LogP contribution < -0.4 is 14.8 Å². The number of aliphatic carboxylic acids is 1. The van der Waals surface area contributed by atoms with Gasteiger partial charge in [0.05, 0.1) is 18.8 Å². The van der Waals surface area contributed by atoms with Gasteiger partial charge in [0.1, 0.15) is 30.0 Å². The fraction of sp³-hybridized carbons (Fsp3) is 0.280. The molecule has 0 aliphatic carbocycles. The highest BCUT2D eigenvalue weighted by atomic mass is 19.4. The Labute approximate surface area is 202 Å². The van der Waals surface area contributed by atoms with Gasteiger partial charge in [0, 0.05) is 10.8 Å². The lowest BCUT2D eigenvalue weighted by molar-refractivity contribution is -0.274. The van der Waals surface area contributed by atoms with E-state index in [0.717, 1.165) is 12.1 Å². The maximum Gasteiger partial charge on any atom is 0.573 e. The predicted molar refractivity (Wildman–Crippen MR) is 119 cm³/mol. The Morgan fingerprint density at radius 2 is 1.81 bits per heavy atom. The monoisotopic (exact) mass is 507 g/mol. The summed E-state index contributed by atoms with van der Waals surface area (Å²) in [6.45, 7) is 1.87. The number of alkyl halides is 3. The van der Waals surface area contributed by atoms with Gasteiger partial charge in [-0.1, -0.05) is 25.1 Å². The second-order valence-corrected chi connectivity index (χ2v) is 8.68. The van der Waals surface area contributed by atoms with E-state index >= 15 is 0 Å². The lowest BCUT2D eigenvalue weighted by Gasteiger charge is -2.42. The number of rotatable bonds is 8. The first-order valence-corrected chi connectivity index (χ1v) is 10.8. The van der Waals surface area contributed by atoms with Gasteiger partial charge in [0.25, 0.3) is 5.91 Å². The zero-order valence-corrected chi connectivity index (χ0v) is 18.9. The molecule has 0 radical (unpaired) electrons. The van der Waals surface area contributed by atoms with E-state index in [2.05, 4.69) is 10.1 Å². The zero-order valence-electron chi connectivity index (χ0n) is 18.9. The van der Waals surface area contributed by atoms with E-state index in [4.69, 9.17) is 9.47 Å². The summed E-state index contributed by atoms with van der Waals surface area (Å²) < 4.78 is 65.8. The molecule has 1 aliphatic heterocycles. The summed E-state index contributed by atoms with van der Waals surface area (Å²) in [7, 11) is 0. The summed E-state index contributed by atoms with van der Waals surface area (Å²) in [6.07, 6.45) is -4.82. The van der Waals surface area contributed by atoms with E-state index < -0.39 is 41.3 Å². The Kier molecular flexibility index (Phi) is 6.77. The van der Waals surface area contributed by atoms with Crippen LogP contribution in [0.1, 0.15) is 22.8 Å². The van der Waals surface area contributed by atoms with Crippen molar-refractivity contribution < 1.29 is 46.5 Å². The van der Waals surface area contributed by atoms with Gasteiger partial charge in [-0.25, -0.2) is 9.18 Å². The summed E-state index contributed by atoms with van der Waals surface area (Å²) in [5.74, 6) is -2.78. The second-order valence-electron chi connectivity index (χ2n) is 8.68. The number of carboxylic acids is 1. The molecule has 0 unspecified atom stereocenters. The average molecular weight is 507 g/mol. The van der Waals surface area contributed by atoms with Gasteiger partial charge < -0.3 is 24.6 Å². The molecule has 190 valence electrons. The first-order chi connectivity index (χ1) is 16.9. The number of hydrogen-bond donors (Lipinski definition) is 2. The van der Waals surface area contributed by atoms with Gasteiger partial charge >= 0.3 is 12.3 Å². The van der Waals surface area contributed by atoms with E-state index in [-0.39, 0.29) is 31.1 Å². The Balaban J connectivity index is 1.62. The summed E-state index contributed by atoms with van der Waals surface area (Å²) in [4.78, 5) is 25.0. The van der Waals surface area contributed by atoms with E-state index in [1.54, 1.807) is 6.92 Å². The van der Waals surface area contributed by atoms with Gasteiger partial charge in [-0.2, -0.15) is 0 Å². The molecule has 1 saturated heterocycles. The van der Waals surface area contributed by atoms with E-state index in [1.807, 2.05) is 0 Å². The maximum absolute atomic E-state index is 13.8. The molecule has 7 nitrogen and oxygen atoms in total. The first-order valence-electron chi connectivity index (χ1n) is 10.8. The molecule has 36 heavy (non-hydrogen) atoms. The van der Waals surface area contributed by atoms with Crippen LogP contribution in [0.25, 0.3) is 10.8 Å². The number of carbonyl (C=O) groups excluding carboxylic acids is 1. The summed E-state index contributed by atoms with van der Waals surface area (Å²) in [5.41, 5.74) is -0.304. The Hall–Kier alpha value is -3.86. The summed E-state index contributed by atoms with van der Waals surface area (Å²) >= 11 is 0. The van der Waals surface area contributed by atoms with Crippen molar-refractivity contribution >= 4 is 22.6 Å². The molecule has 0 spiro atoms.